The van der Waals surface area contributed by atoms with E-state index in [0.29, 0.717) is 0 Å². The molecule has 1 fully saturated rings. The lowest BCUT2D eigenvalue weighted by Crippen LogP contribution is -2.29. The Balaban J connectivity index is 1.79. The van der Waals surface area contributed by atoms with Gasteiger partial charge in [0.1, 0.15) is 10.8 Å². The van der Waals surface area contributed by atoms with Crippen LogP contribution >= 0.6 is 11.3 Å². The Morgan fingerprint density at radius 2 is 1.79 bits per heavy atom. The van der Waals surface area contributed by atoms with Crippen LogP contribution in [0.5, 0.6) is 5.75 Å². The second-order valence-corrected chi connectivity index (χ2v) is 5.62. The van der Waals surface area contributed by atoms with Crippen molar-refractivity contribution in [3.8, 4) is 16.3 Å². The molecule has 2 aromatic rings. The fourth-order valence-corrected chi connectivity index (χ4v) is 3.18. The molecule has 0 bridgehead atoms. The third-order valence-electron chi connectivity index (χ3n) is 3.38. The fourth-order valence-electron chi connectivity index (χ4n) is 2.28. The first kappa shape index (κ1) is 12.4. The zero-order valence-corrected chi connectivity index (χ0v) is 11.8. The number of anilines is 1. The number of nitrogens with zero attached hydrogens (tertiary/aromatic N) is 3. The number of aromatic nitrogens is 2. The average molecular weight is 275 g/mol. The molecule has 4 nitrogen and oxygen atoms in total. The second kappa shape index (κ2) is 5.57. The van der Waals surface area contributed by atoms with Gasteiger partial charge in [-0.05, 0) is 43.5 Å². The van der Waals surface area contributed by atoms with E-state index in [1.165, 1.54) is 19.3 Å². The van der Waals surface area contributed by atoms with Gasteiger partial charge in [-0.25, -0.2) is 0 Å². The minimum absolute atomic E-state index is 0.865. The monoisotopic (exact) mass is 275 g/mol. The molecule has 5 heteroatoms. The Morgan fingerprint density at radius 1 is 1.05 bits per heavy atom. The van der Waals surface area contributed by atoms with Crippen LogP contribution in [-0.4, -0.2) is 30.4 Å². The van der Waals surface area contributed by atoms with Gasteiger partial charge in [0.05, 0.1) is 7.11 Å². The predicted octanol–water partition coefficient (Wildman–Crippen LogP) is 3.20. The first-order chi connectivity index (χ1) is 9.36. The summed E-state index contributed by atoms with van der Waals surface area (Å²) >= 11 is 1.67. The fraction of sp³-hybridized carbons (Fsp3) is 0.429. The summed E-state index contributed by atoms with van der Waals surface area (Å²) in [4.78, 5) is 2.34. The number of ether oxygens (including phenoxy) is 1. The molecule has 0 amide bonds. The van der Waals surface area contributed by atoms with E-state index >= 15 is 0 Å². The minimum atomic E-state index is 0.865. The van der Waals surface area contributed by atoms with E-state index in [1.807, 2.05) is 24.3 Å². The maximum absolute atomic E-state index is 5.16. The number of methoxy groups -OCH3 is 1. The van der Waals surface area contributed by atoms with Gasteiger partial charge in [-0.1, -0.05) is 11.3 Å². The molecule has 3 rings (SSSR count). The summed E-state index contributed by atoms with van der Waals surface area (Å²) in [7, 11) is 1.68. The normalized spacial score (nSPS) is 15.5. The lowest BCUT2D eigenvalue weighted by Gasteiger charge is -2.25. The summed E-state index contributed by atoms with van der Waals surface area (Å²) in [6.07, 6.45) is 3.86. The molecule has 0 atom stereocenters. The van der Waals surface area contributed by atoms with Crippen LogP contribution in [0.1, 0.15) is 19.3 Å². The van der Waals surface area contributed by atoms with Crippen molar-refractivity contribution in [3.63, 3.8) is 0 Å². The molecule has 19 heavy (non-hydrogen) atoms. The summed E-state index contributed by atoms with van der Waals surface area (Å²) in [5.41, 5.74) is 1.10. The second-order valence-electron chi connectivity index (χ2n) is 4.67. The molecule has 0 radical (unpaired) electrons. The van der Waals surface area contributed by atoms with Gasteiger partial charge in [0, 0.05) is 18.7 Å². The van der Waals surface area contributed by atoms with E-state index in [4.69, 9.17) is 4.74 Å². The first-order valence-electron chi connectivity index (χ1n) is 6.60. The molecular formula is C14H17N3OS. The molecule has 1 aliphatic rings. The number of hydrogen-bond acceptors (Lipinski definition) is 5. The highest BCUT2D eigenvalue weighted by Gasteiger charge is 2.15. The van der Waals surface area contributed by atoms with Gasteiger partial charge >= 0.3 is 0 Å². The lowest BCUT2D eigenvalue weighted by molar-refractivity contribution is 0.415. The quantitative estimate of drug-likeness (QED) is 0.862. The largest absolute Gasteiger partial charge is 0.497 e. The van der Waals surface area contributed by atoms with Crippen molar-refractivity contribution in [1.29, 1.82) is 0 Å². The van der Waals surface area contributed by atoms with Crippen molar-refractivity contribution < 1.29 is 4.74 Å². The van der Waals surface area contributed by atoms with Crippen LogP contribution in [0.4, 0.5) is 5.13 Å². The van der Waals surface area contributed by atoms with Crippen LogP contribution < -0.4 is 9.64 Å². The number of rotatable bonds is 3. The van der Waals surface area contributed by atoms with Gasteiger partial charge in [0.15, 0.2) is 0 Å². The highest BCUT2D eigenvalue weighted by atomic mass is 32.1. The number of hydrogen-bond donors (Lipinski definition) is 0. The summed E-state index contributed by atoms with van der Waals surface area (Å²) in [5, 5.41) is 10.6. The molecule has 1 aliphatic heterocycles. The number of benzene rings is 1. The van der Waals surface area contributed by atoms with Crippen LogP contribution in [0.15, 0.2) is 24.3 Å². The zero-order chi connectivity index (χ0) is 13.1. The summed E-state index contributed by atoms with van der Waals surface area (Å²) in [6, 6.07) is 7.97. The van der Waals surface area contributed by atoms with E-state index in [0.717, 1.165) is 34.5 Å². The minimum Gasteiger partial charge on any atom is -0.497 e. The Hall–Kier alpha value is -1.62. The molecule has 0 aliphatic carbocycles. The van der Waals surface area contributed by atoms with E-state index in [9.17, 15) is 0 Å². The molecule has 0 unspecified atom stereocenters. The van der Waals surface area contributed by atoms with E-state index in [2.05, 4.69) is 15.1 Å². The molecule has 100 valence electrons. The van der Waals surface area contributed by atoms with Gasteiger partial charge in [-0.2, -0.15) is 0 Å². The summed E-state index contributed by atoms with van der Waals surface area (Å²) in [5.74, 6) is 0.865. The van der Waals surface area contributed by atoms with Crippen molar-refractivity contribution in [1.82, 2.24) is 10.2 Å². The third kappa shape index (κ3) is 2.71. The van der Waals surface area contributed by atoms with Gasteiger partial charge in [0.2, 0.25) is 5.13 Å². The smallest absolute Gasteiger partial charge is 0.208 e. The van der Waals surface area contributed by atoms with Crippen LogP contribution in [-0.2, 0) is 0 Å². The SMILES string of the molecule is COc1ccc(-c2nnc(N3CCCCC3)s2)cc1. The molecule has 2 heterocycles. The maximum Gasteiger partial charge on any atom is 0.208 e. The number of piperidine rings is 1. The third-order valence-corrected chi connectivity index (χ3v) is 4.41. The molecule has 0 N–H and O–H groups in total. The van der Waals surface area contributed by atoms with Crippen molar-refractivity contribution in [3.05, 3.63) is 24.3 Å². The average Bonchev–Trinajstić information content (AvgIpc) is 2.98. The standard InChI is InChI=1S/C14H17N3OS/c1-18-12-7-5-11(6-8-12)13-15-16-14(19-13)17-9-3-2-4-10-17/h5-8H,2-4,9-10H2,1H3. The lowest BCUT2D eigenvalue weighted by atomic mass is 10.1. The zero-order valence-electron chi connectivity index (χ0n) is 11.0. The van der Waals surface area contributed by atoms with Crippen LogP contribution in [0, 0.1) is 0 Å². The highest BCUT2D eigenvalue weighted by Crippen LogP contribution is 2.30. The van der Waals surface area contributed by atoms with Gasteiger partial charge in [-0.3, -0.25) is 0 Å². The predicted molar refractivity (Wildman–Crippen MR) is 78.0 cm³/mol. The van der Waals surface area contributed by atoms with Crippen LogP contribution in [0.25, 0.3) is 10.6 Å². The van der Waals surface area contributed by atoms with Crippen LogP contribution in [0.2, 0.25) is 0 Å². The molecule has 0 spiro atoms. The van der Waals surface area contributed by atoms with Gasteiger partial charge in [-0.15, -0.1) is 10.2 Å². The highest BCUT2D eigenvalue weighted by molar-refractivity contribution is 7.18. The molecular weight excluding hydrogens is 258 g/mol. The molecule has 1 aromatic carbocycles. The molecule has 0 saturated carbocycles. The van der Waals surface area contributed by atoms with Crippen molar-refractivity contribution in [2.24, 2.45) is 0 Å². The van der Waals surface area contributed by atoms with Crippen molar-refractivity contribution in [2.45, 2.75) is 19.3 Å². The van der Waals surface area contributed by atoms with Crippen molar-refractivity contribution in [2.75, 3.05) is 25.1 Å². The Morgan fingerprint density at radius 3 is 2.47 bits per heavy atom. The molecule has 1 aromatic heterocycles. The summed E-state index contributed by atoms with van der Waals surface area (Å²) < 4.78 is 5.16. The molecule has 1 saturated heterocycles. The van der Waals surface area contributed by atoms with Crippen molar-refractivity contribution >= 4 is 16.5 Å². The van der Waals surface area contributed by atoms with E-state index in [1.54, 1.807) is 18.4 Å². The van der Waals surface area contributed by atoms with Gasteiger partial charge < -0.3 is 9.64 Å². The maximum atomic E-state index is 5.16. The van der Waals surface area contributed by atoms with E-state index in [-0.39, 0.29) is 0 Å². The van der Waals surface area contributed by atoms with Crippen LogP contribution in [0.3, 0.4) is 0 Å². The Bertz CT molecular complexity index is 532. The first-order valence-corrected chi connectivity index (χ1v) is 7.41. The topological polar surface area (TPSA) is 38.3 Å². The Kier molecular flexibility index (Phi) is 3.64. The Labute approximate surface area is 117 Å². The van der Waals surface area contributed by atoms with Gasteiger partial charge in [0.25, 0.3) is 0 Å². The van der Waals surface area contributed by atoms with E-state index < -0.39 is 0 Å². The summed E-state index contributed by atoms with van der Waals surface area (Å²) in [6.45, 7) is 2.22.